The van der Waals surface area contributed by atoms with Gasteiger partial charge in [-0.05, 0) is 38.8 Å². The Morgan fingerprint density at radius 1 is 0.947 bits per heavy atom. The summed E-state index contributed by atoms with van der Waals surface area (Å²) in [5.74, 6) is 1.38. The van der Waals surface area contributed by atoms with Gasteiger partial charge in [0.1, 0.15) is 11.4 Å². The first kappa shape index (κ1) is 12.3. The second-order valence-electron chi connectivity index (χ2n) is 6.04. The monoisotopic (exact) mass is 252 g/mol. The van der Waals surface area contributed by atoms with Crippen LogP contribution >= 0.6 is 0 Å². The largest absolute Gasteiger partial charge is 0.486 e. The molecule has 0 amide bonds. The van der Waals surface area contributed by atoms with E-state index in [1.807, 2.05) is 0 Å². The molecule has 1 heteroatoms. The molecule has 1 aliphatic heterocycles. The highest BCUT2D eigenvalue weighted by Crippen LogP contribution is 2.49. The van der Waals surface area contributed by atoms with Gasteiger partial charge in [-0.1, -0.05) is 48.0 Å². The summed E-state index contributed by atoms with van der Waals surface area (Å²) in [6.45, 7) is 8.60. The molecule has 0 fully saturated rings. The summed E-state index contributed by atoms with van der Waals surface area (Å²) >= 11 is 0. The first-order chi connectivity index (χ1) is 8.99. The van der Waals surface area contributed by atoms with Crippen molar-refractivity contribution in [1.29, 1.82) is 0 Å². The lowest BCUT2D eigenvalue weighted by Crippen LogP contribution is -2.30. The van der Waals surface area contributed by atoms with E-state index in [9.17, 15) is 0 Å². The van der Waals surface area contributed by atoms with Gasteiger partial charge >= 0.3 is 0 Å². The van der Waals surface area contributed by atoms with Crippen LogP contribution in [-0.2, 0) is 0 Å². The number of aryl methyl sites for hydroxylation is 2. The van der Waals surface area contributed by atoms with Gasteiger partial charge in [-0.25, -0.2) is 0 Å². The van der Waals surface area contributed by atoms with Crippen LogP contribution in [0.15, 0.2) is 42.5 Å². The summed E-state index contributed by atoms with van der Waals surface area (Å²) in [4.78, 5) is 0. The van der Waals surface area contributed by atoms with Crippen molar-refractivity contribution in [2.24, 2.45) is 0 Å². The van der Waals surface area contributed by atoms with Crippen molar-refractivity contribution >= 4 is 0 Å². The quantitative estimate of drug-likeness (QED) is 0.720. The number of fused-ring (bicyclic) bond motifs is 1. The molecule has 1 heterocycles. The van der Waals surface area contributed by atoms with Crippen molar-refractivity contribution in [2.45, 2.75) is 39.2 Å². The Hall–Kier alpha value is -1.76. The Balaban J connectivity index is 2.15. The van der Waals surface area contributed by atoms with Crippen molar-refractivity contribution in [3.8, 4) is 5.75 Å². The van der Waals surface area contributed by atoms with E-state index >= 15 is 0 Å². The summed E-state index contributed by atoms with van der Waals surface area (Å²) in [6.07, 6.45) is 0. The predicted molar refractivity (Wildman–Crippen MR) is 78.9 cm³/mol. The van der Waals surface area contributed by atoms with Crippen LogP contribution in [0, 0.1) is 13.8 Å². The van der Waals surface area contributed by atoms with Crippen molar-refractivity contribution in [3.05, 3.63) is 64.7 Å². The summed E-state index contributed by atoms with van der Waals surface area (Å²) in [6, 6.07) is 15.2. The maximum absolute atomic E-state index is 6.22. The van der Waals surface area contributed by atoms with Gasteiger partial charge in [0.25, 0.3) is 0 Å². The fourth-order valence-corrected chi connectivity index (χ4v) is 3.08. The van der Waals surface area contributed by atoms with Crippen LogP contribution in [0.25, 0.3) is 0 Å². The highest BCUT2D eigenvalue weighted by molar-refractivity contribution is 5.52. The Morgan fingerprint density at radius 2 is 1.63 bits per heavy atom. The van der Waals surface area contributed by atoms with E-state index in [4.69, 9.17) is 4.74 Å². The lowest BCUT2D eigenvalue weighted by atomic mass is 9.81. The molecule has 1 atom stereocenters. The van der Waals surface area contributed by atoms with Gasteiger partial charge in [0.15, 0.2) is 0 Å². The van der Waals surface area contributed by atoms with Gasteiger partial charge in [0.2, 0.25) is 0 Å². The van der Waals surface area contributed by atoms with Gasteiger partial charge in [0.05, 0.1) is 5.92 Å². The number of rotatable bonds is 1. The second kappa shape index (κ2) is 4.12. The topological polar surface area (TPSA) is 9.23 Å². The van der Waals surface area contributed by atoms with Crippen LogP contribution in [0.3, 0.4) is 0 Å². The molecule has 0 aromatic heterocycles. The zero-order chi connectivity index (χ0) is 13.6. The van der Waals surface area contributed by atoms with Gasteiger partial charge in [-0.2, -0.15) is 0 Å². The summed E-state index contributed by atoms with van der Waals surface area (Å²) in [5.41, 5.74) is 4.97. The van der Waals surface area contributed by atoms with E-state index < -0.39 is 0 Å². The standard InChI is InChI=1S/C18H20O/c1-12-8-10-14(11-9-12)16-15-7-5-6-13(2)17(15)19-18(16,3)4/h5-11,16H,1-4H3. The molecule has 1 aliphatic rings. The summed E-state index contributed by atoms with van der Waals surface area (Å²) < 4.78 is 6.22. The van der Waals surface area contributed by atoms with E-state index in [1.165, 1.54) is 22.3 Å². The molecular weight excluding hydrogens is 232 g/mol. The number of hydrogen-bond donors (Lipinski definition) is 0. The minimum atomic E-state index is -0.191. The Bertz CT molecular complexity index is 608. The predicted octanol–water partition coefficient (Wildman–Crippen LogP) is 4.61. The molecule has 98 valence electrons. The molecule has 1 nitrogen and oxygen atoms in total. The molecular formula is C18H20O. The van der Waals surface area contributed by atoms with E-state index in [-0.39, 0.29) is 5.60 Å². The lowest BCUT2D eigenvalue weighted by Gasteiger charge is -2.27. The molecule has 1 unspecified atom stereocenters. The Kier molecular flexibility index (Phi) is 2.67. The third-order valence-electron chi connectivity index (χ3n) is 4.02. The number of para-hydroxylation sites is 1. The van der Waals surface area contributed by atoms with Crippen molar-refractivity contribution in [1.82, 2.24) is 0 Å². The smallest absolute Gasteiger partial charge is 0.127 e. The molecule has 0 bridgehead atoms. The van der Waals surface area contributed by atoms with Gasteiger partial charge in [0, 0.05) is 5.56 Å². The number of hydrogen-bond acceptors (Lipinski definition) is 1. The normalized spacial score (nSPS) is 19.9. The average Bonchev–Trinajstić information content (AvgIpc) is 2.63. The van der Waals surface area contributed by atoms with Crippen molar-refractivity contribution < 1.29 is 4.74 Å². The highest BCUT2D eigenvalue weighted by atomic mass is 16.5. The van der Waals surface area contributed by atoms with Crippen LogP contribution in [0.2, 0.25) is 0 Å². The summed E-state index contributed by atoms with van der Waals surface area (Å²) in [7, 11) is 0. The van der Waals surface area contributed by atoms with Crippen molar-refractivity contribution in [2.75, 3.05) is 0 Å². The van der Waals surface area contributed by atoms with Crippen LogP contribution in [-0.4, -0.2) is 5.60 Å². The van der Waals surface area contributed by atoms with E-state index in [0.29, 0.717) is 5.92 Å². The zero-order valence-corrected chi connectivity index (χ0v) is 12.0. The lowest BCUT2D eigenvalue weighted by molar-refractivity contribution is 0.121. The third-order valence-corrected chi connectivity index (χ3v) is 4.02. The van der Waals surface area contributed by atoms with E-state index in [0.717, 1.165) is 5.75 Å². The minimum Gasteiger partial charge on any atom is -0.486 e. The molecule has 0 saturated heterocycles. The first-order valence-electron chi connectivity index (χ1n) is 6.84. The van der Waals surface area contributed by atoms with Crippen LogP contribution in [0.5, 0.6) is 5.75 Å². The molecule has 0 N–H and O–H groups in total. The van der Waals surface area contributed by atoms with Crippen LogP contribution in [0.4, 0.5) is 0 Å². The molecule has 3 rings (SSSR count). The minimum absolute atomic E-state index is 0.191. The molecule has 2 aromatic rings. The third kappa shape index (κ3) is 1.94. The van der Waals surface area contributed by atoms with E-state index in [1.54, 1.807) is 0 Å². The second-order valence-corrected chi connectivity index (χ2v) is 6.04. The molecule has 0 saturated carbocycles. The van der Waals surface area contributed by atoms with Crippen molar-refractivity contribution in [3.63, 3.8) is 0 Å². The zero-order valence-electron chi connectivity index (χ0n) is 12.0. The van der Waals surface area contributed by atoms with Gasteiger partial charge < -0.3 is 4.74 Å². The Labute approximate surface area is 115 Å². The molecule has 0 spiro atoms. The molecule has 0 aliphatic carbocycles. The number of ether oxygens (including phenoxy) is 1. The highest BCUT2D eigenvalue weighted by Gasteiger charge is 2.42. The average molecular weight is 252 g/mol. The fourth-order valence-electron chi connectivity index (χ4n) is 3.08. The van der Waals surface area contributed by atoms with Gasteiger partial charge in [-0.3, -0.25) is 0 Å². The van der Waals surface area contributed by atoms with E-state index in [2.05, 4.69) is 70.2 Å². The maximum Gasteiger partial charge on any atom is 0.127 e. The Morgan fingerprint density at radius 3 is 2.32 bits per heavy atom. The van der Waals surface area contributed by atoms with Gasteiger partial charge in [-0.15, -0.1) is 0 Å². The maximum atomic E-state index is 6.22. The van der Waals surface area contributed by atoms with Crippen LogP contribution in [0.1, 0.15) is 42.0 Å². The molecule has 0 radical (unpaired) electrons. The number of benzene rings is 2. The summed E-state index contributed by atoms with van der Waals surface area (Å²) in [5, 5.41) is 0. The van der Waals surface area contributed by atoms with Crippen LogP contribution < -0.4 is 4.74 Å². The molecule has 2 aromatic carbocycles. The fraction of sp³-hybridized carbons (Fsp3) is 0.333. The SMILES string of the molecule is Cc1ccc(C2c3cccc(C)c3OC2(C)C)cc1. The first-order valence-corrected chi connectivity index (χ1v) is 6.84. The molecule has 19 heavy (non-hydrogen) atoms.